The minimum absolute atomic E-state index is 0.0413. The molecule has 0 radical (unpaired) electrons. The lowest BCUT2D eigenvalue weighted by atomic mass is 9.85. The molecule has 2 aliphatic rings. The van der Waals surface area contributed by atoms with Crippen molar-refractivity contribution in [3.05, 3.63) is 0 Å². The minimum atomic E-state index is -0.606. The van der Waals surface area contributed by atoms with Gasteiger partial charge < -0.3 is 10.2 Å². The van der Waals surface area contributed by atoms with E-state index in [0.29, 0.717) is 25.2 Å². The van der Waals surface area contributed by atoms with Gasteiger partial charge in [0.2, 0.25) is 11.8 Å². The van der Waals surface area contributed by atoms with Crippen LogP contribution in [0.15, 0.2) is 0 Å². The highest BCUT2D eigenvalue weighted by atomic mass is 16.2. The zero-order valence-corrected chi connectivity index (χ0v) is 11.7. The van der Waals surface area contributed by atoms with Crippen LogP contribution in [-0.2, 0) is 9.59 Å². The Morgan fingerprint density at radius 1 is 1.22 bits per heavy atom. The van der Waals surface area contributed by atoms with E-state index in [1.807, 2.05) is 25.7 Å². The van der Waals surface area contributed by atoms with Crippen molar-refractivity contribution in [2.24, 2.45) is 5.92 Å². The summed E-state index contributed by atoms with van der Waals surface area (Å²) in [5.74, 6) is 0.780. The maximum absolute atomic E-state index is 12.5. The van der Waals surface area contributed by atoms with E-state index in [1.54, 1.807) is 0 Å². The normalized spacial score (nSPS) is 27.3. The van der Waals surface area contributed by atoms with Gasteiger partial charge in [-0.1, -0.05) is 20.8 Å². The average molecular weight is 252 g/mol. The molecule has 1 saturated carbocycles. The minimum Gasteiger partial charge on any atom is -0.342 e. The summed E-state index contributed by atoms with van der Waals surface area (Å²) >= 11 is 0. The lowest BCUT2D eigenvalue weighted by molar-refractivity contribution is -0.158. The van der Waals surface area contributed by atoms with Gasteiger partial charge in [-0.05, 0) is 38.0 Å². The first-order valence-electron chi connectivity index (χ1n) is 7.21. The number of hydrogen-bond acceptors (Lipinski definition) is 2. The van der Waals surface area contributed by atoms with E-state index < -0.39 is 5.54 Å². The smallest absolute Gasteiger partial charge is 0.246 e. The molecule has 0 bridgehead atoms. The van der Waals surface area contributed by atoms with Crippen LogP contribution in [-0.4, -0.2) is 34.8 Å². The van der Waals surface area contributed by atoms with Crippen LogP contribution in [0.2, 0.25) is 0 Å². The van der Waals surface area contributed by atoms with Crippen LogP contribution in [0.1, 0.15) is 52.9 Å². The lowest BCUT2D eigenvalue weighted by Crippen LogP contribution is -2.70. The molecule has 1 saturated heterocycles. The highest BCUT2D eigenvalue weighted by molar-refractivity contribution is 5.99. The van der Waals surface area contributed by atoms with Crippen LogP contribution < -0.4 is 5.32 Å². The number of rotatable bonds is 5. The Labute approximate surface area is 109 Å². The van der Waals surface area contributed by atoms with Crippen molar-refractivity contribution >= 4 is 11.8 Å². The number of carbonyl (C=O) groups is 2. The molecule has 0 aromatic rings. The fourth-order valence-corrected chi connectivity index (χ4v) is 2.93. The van der Waals surface area contributed by atoms with E-state index in [2.05, 4.69) is 5.32 Å². The molecule has 1 atom stereocenters. The summed E-state index contributed by atoms with van der Waals surface area (Å²) in [6.45, 7) is 6.72. The number of carbonyl (C=O) groups excluding carboxylic acids is 2. The van der Waals surface area contributed by atoms with Crippen molar-refractivity contribution < 1.29 is 9.59 Å². The van der Waals surface area contributed by atoms with Crippen LogP contribution in [0, 0.1) is 5.92 Å². The van der Waals surface area contributed by atoms with Crippen LogP contribution in [0.3, 0.4) is 0 Å². The van der Waals surface area contributed by atoms with Gasteiger partial charge in [0, 0.05) is 6.54 Å². The molecule has 2 amide bonds. The molecule has 0 spiro atoms. The number of amides is 2. The van der Waals surface area contributed by atoms with E-state index in [1.165, 1.54) is 12.8 Å². The van der Waals surface area contributed by atoms with E-state index in [9.17, 15) is 9.59 Å². The zero-order valence-electron chi connectivity index (χ0n) is 11.7. The molecule has 1 heterocycles. The molecule has 2 fully saturated rings. The molecule has 18 heavy (non-hydrogen) atoms. The highest BCUT2D eigenvalue weighted by Crippen LogP contribution is 2.36. The van der Waals surface area contributed by atoms with E-state index in [-0.39, 0.29) is 17.9 Å². The van der Waals surface area contributed by atoms with Gasteiger partial charge in [-0.25, -0.2) is 0 Å². The Bertz CT molecular complexity index is 346. The second-order valence-corrected chi connectivity index (χ2v) is 5.57. The van der Waals surface area contributed by atoms with Crippen molar-refractivity contribution in [2.75, 3.05) is 6.54 Å². The van der Waals surface area contributed by atoms with Gasteiger partial charge in [0.1, 0.15) is 11.6 Å². The molecular weight excluding hydrogens is 228 g/mol. The Hall–Kier alpha value is -1.06. The SMILES string of the molecule is CCC1NC(=O)C(CC)(CC)N(CC2CC2)C1=O. The largest absolute Gasteiger partial charge is 0.342 e. The van der Waals surface area contributed by atoms with Crippen molar-refractivity contribution in [3.63, 3.8) is 0 Å². The van der Waals surface area contributed by atoms with Gasteiger partial charge in [-0.3, -0.25) is 9.59 Å². The van der Waals surface area contributed by atoms with Crippen molar-refractivity contribution in [1.29, 1.82) is 0 Å². The van der Waals surface area contributed by atoms with Gasteiger partial charge in [0.05, 0.1) is 0 Å². The maximum atomic E-state index is 12.5. The summed E-state index contributed by atoms with van der Waals surface area (Å²) in [4.78, 5) is 26.8. The molecular formula is C14H24N2O2. The van der Waals surface area contributed by atoms with E-state index in [4.69, 9.17) is 0 Å². The first-order chi connectivity index (χ1) is 8.58. The molecule has 0 aromatic carbocycles. The maximum Gasteiger partial charge on any atom is 0.246 e. The first-order valence-corrected chi connectivity index (χ1v) is 7.21. The van der Waals surface area contributed by atoms with Crippen LogP contribution in [0.25, 0.3) is 0 Å². The topological polar surface area (TPSA) is 49.4 Å². The summed E-state index contributed by atoms with van der Waals surface area (Å²) in [5.41, 5.74) is -0.606. The average Bonchev–Trinajstić information content (AvgIpc) is 3.18. The molecule has 1 N–H and O–H groups in total. The van der Waals surface area contributed by atoms with Crippen LogP contribution in [0.5, 0.6) is 0 Å². The zero-order chi connectivity index (χ0) is 13.3. The molecule has 1 aliphatic carbocycles. The fourth-order valence-electron chi connectivity index (χ4n) is 2.93. The Morgan fingerprint density at radius 3 is 2.28 bits per heavy atom. The molecule has 1 aliphatic heterocycles. The van der Waals surface area contributed by atoms with E-state index >= 15 is 0 Å². The number of piperazine rings is 1. The second-order valence-electron chi connectivity index (χ2n) is 5.57. The number of nitrogens with zero attached hydrogens (tertiary/aromatic N) is 1. The standard InChI is InChI=1S/C14H24N2O2/c1-4-11-12(17)16(9-10-7-8-10)14(5-2,6-3)13(18)15-11/h10-11H,4-9H2,1-3H3,(H,15,18). The second kappa shape index (κ2) is 4.90. The molecule has 2 rings (SSSR count). The fraction of sp³-hybridized carbons (Fsp3) is 0.857. The lowest BCUT2D eigenvalue weighted by Gasteiger charge is -2.47. The molecule has 4 heteroatoms. The van der Waals surface area contributed by atoms with Gasteiger partial charge in [-0.2, -0.15) is 0 Å². The monoisotopic (exact) mass is 252 g/mol. The Kier molecular flexibility index (Phi) is 3.64. The molecule has 0 aromatic heterocycles. The summed E-state index contributed by atoms with van der Waals surface area (Å²) in [5, 5.41) is 2.90. The van der Waals surface area contributed by atoms with Gasteiger partial charge in [0.25, 0.3) is 0 Å². The summed E-state index contributed by atoms with van der Waals surface area (Å²) in [7, 11) is 0. The van der Waals surface area contributed by atoms with Crippen molar-refractivity contribution in [1.82, 2.24) is 10.2 Å². The molecule has 4 nitrogen and oxygen atoms in total. The number of nitrogens with one attached hydrogen (secondary N) is 1. The quantitative estimate of drug-likeness (QED) is 0.809. The Balaban J connectivity index is 2.29. The van der Waals surface area contributed by atoms with Crippen molar-refractivity contribution in [2.45, 2.75) is 64.5 Å². The number of hydrogen-bond donors (Lipinski definition) is 1. The van der Waals surface area contributed by atoms with Gasteiger partial charge >= 0.3 is 0 Å². The molecule has 1 unspecified atom stereocenters. The predicted molar refractivity (Wildman–Crippen MR) is 70.0 cm³/mol. The highest BCUT2D eigenvalue weighted by Gasteiger charge is 2.50. The van der Waals surface area contributed by atoms with Crippen LogP contribution >= 0.6 is 0 Å². The third-order valence-electron chi connectivity index (χ3n) is 4.52. The summed E-state index contributed by atoms with van der Waals surface area (Å²) in [6, 6.07) is -0.317. The summed E-state index contributed by atoms with van der Waals surface area (Å²) < 4.78 is 0. The third-order valence-corrected chi connectivity index (χ3v) is 4.52. The van der Waals surface area contributed by atoms with Crippen molar-refractivity contribution in [3.8, 4) is 0 Å². The van der Waals surface area contributed by atoms with Gasteiger partial charge in [0.15, 0.2) is 0 Å². The Morgan fingerprint density at radius 2 is 1.83 bits per heavy atom. The third kappa shape index (κ3) is 2.02. The first kappa shape index (κ1) is 13.4. The van der Waals surface area contributed by atoms with Gasteiger partial charge in [-0.15, -0.1) is 0 Å². The van der Waals surface area contributed by atoms with E-state index in [0.717, 1.165) is 6.54 Å². The molecule has 102 valence electrons. The predicted octanol–water partition coefficient (Wildman–Crippen LogP) is 1.69. The summed E-state index contributed by atoms with van der Waals surface area (Å²) in [6.07, 6.45) is 4.47. The van der Waals surface area contributed by atoms with Crippen LogP contribution in [0.4, 0.5) is 0 Å².